The fraction of sp³-hybridized carbons (Fsp3) is 0.176. The lowest BCUT2D eigenvalue weighted by molar-refractivity contribution is -0.806. The summed E-state index contributed by atoms with van der Waals surface area (Å²) in [7, 11) is 1.31. The van der Waals surface area contributed by atoms with Gasteiger partial charge in [0.15, 0.2) is 18.1 Å². The molecule has 0 aliphatic heterocycles. The Labute approximate surface area is 168 Å². The molecule has 3 rings (SSSR count). The van der Waals surface area contributed by atoms with Gasteiger partial charge in [-0.15, -0.1) is 0 Å². The molecule has 1 N–H and O–H groups in total. The van der Waals surface area contributed by atoms with E-state index in [0.717, 1.165) is 6.07 Å². The van der Waals surface area contributed by atoms with Gasteiger partial charge in [-0.2, -0.15) is 5.10 Å². The van der Waals surface area contributed by atoms with Crippen LogP contribution in [0.5, 0.6) is 11.5 Å². The van der Waals surface area contributed by atoms with Crippen LogP contribution < -0.4 is 19.8 Å². The van der Waals surface area contributed by atoms with Gasteiger partial charge in [-0.25, -0.2) is 5.43 Å². The van der Waals surface area contributed by atoms with Gasteiger partial charge in [0.1, 0.15) is 11.3 Å². The lowest BCUT2D eigenvalue weighted by atomic mass is 10.1. The Kier molecular flexibility index (Phi) is 5.91. The minimum Gasteiger partial charge on any atom is -0.493 e. The van der Waals surface area contributed by atoms with E-state index in [4.69, 9.17) is 13.9 Å². The van der Waals surface area contributed by atoms with E-state index in [2.05, 4.69) is 20.3 Å². The molecular weight excluding hydrogens is 402 g/mol. The molecular formula is C17H15N5O8. The van der Waals surface area contributed by atoms with Crippen molar-refractivity contribution in [2.45, 2.75) is 6.92 Å². The molecule has 30 heavy (non-hydrogen) atoms. The Morgan fingerprint density at radius 1 is 1.43 bits per heavy atom. The number of benzene rings is 1. The molecule has 0 atom stereocenters. The zero-order valence-corrected chi connectivity index (χ0v) is 15.7. The summed E-state index contributed by atoms with van der Waals surface area (Å²) in [5.41, 5.74) is 1.81. The summed E-state index contributed by atoms with van der Waals surface area (Å²) in [5.74, 6) is -0.158. The Bertz CT molecular complexity index is 1090. The van der Waals surface area contributed by atoms with E-state index >= 15 is 0 Å². The third kappa shape index (κ3) is 4.35. The first-order valence-electron chi connectivity index (χ1n) is 8.32. The Morgan fingerprint density at radius 2 is 2.23 bits per heavy atom. The first-order valence-corrected chi connectivity index (χ1v) is 8.32. The van der Waals surface area contributed by atoms with Gasteiger partial charge in [0, 0.05) is 18.1 Å². The first-order chi connectivity index (χ1) is 14.4. The number of methoxy groups -OCH3 is 1. The summed E-state index contributed by atoms with van der Waals surface area (Å²) >= 11 is 0. The van der Waals surface area contributed by atoms with E-state index in [0.29, 0.717) is 5.76 Å². The summed E-state index contributed by atoms with van der Waals surface area (Å²) in [5, 5.41) is 30.2. The number of nitro groups is 1. The second-order valence-corrected chi connectivity index (χ2v) is 5.74. The van der Waals surface area contributed by atoms with Crippen LogP contribution in [-0.4, -0.2) is 35.9 Å². The van der Waals surface area contributed by atoms with Crippen molar-refractivity contribution in [3.63, 3.8) is 0 Å². The zero-order chi connectivity index (χ0) is 21.7. The molecule has 0 fully saturated rings. The van der Waals surface area contributed by atoms with Crippen LogP contribution in [0, 0.1) is 22.2 Å². The maximum absolute atomic E-state index is 11.9. The van der Waals surface area contributed by atoms with Crippen molar-refractivity contribution in [3.8, 4) is 22.8 Å². The van der Waals surface area contributed by atoms with Gasteiger partial charge in [0.25, 0.3) is 17.3 Å². The summed E-state index contributed by atoms with van der Waals surface area (Å²) in [4.78, 5) is 22.8. The van der Waals surface area contributed by atoms with Gasteiger partial charge in [0.2, 0.25) is 5.69 Å². The van der Waals surface area contributed by atoms with Gasteiger partial charge < -0.3 is 19.1 Å². The van der Waals surface area contributed by atoms with Crippen LogP contribution in [0.25, 0.3) is 11.3 Å². The molecule has 0 unspecified atom stereocenters. The maximum Gasteiger partial charge on any atom is 0.285 e. The predicted octanol–water partition coefficient (Wildman–Crippen LogP) is 1.32. The Balaban J connectivity index is 1.79. The maximum atomic E-state index is 11.9. The highest BCUT2D eigenvalue weighted by Crippen LogP contribution is 2.39. The molecule has 0 spiro atoms. The molecule has 1 aromatic carbocycles. The highest BCUT2D eigenvalue weighted by atomic mass is 16.8. The number of rotatable bonds is 8. The monoisotopic (exact) mass is 417 g/mol. The number of furan rings is 1. The van der Waals surface area contributed by atoms with E-state index in [1.54, 1.807) is 12.1 Å². The largest absolute Gasteiger partial charge is 0.493 e. The van der Waals surface area contributed by atoms with E-state index < -0.39 is 23.1 Å². The molecule has 13 nitrogen and oxygen atoms in total. The number of carbonyl (C=O) groups excluding carboxylic acids is 1. The lowest BCUT2D eigenvalue weighted by Gasteiger charge is -2.11. The number of amides is 1. The number of ether oxygens (including phenoxy) is 2. The van der Waals surface area contributed by atoms with Gasteiger partial charge in [0.05, 0.1) is 30.6 Å². The van der Waals surface area contributed by atoms with Gasteiger partial charge in [-0.3, -0.25) is 19.5 Å². The topological polar surface area (TPSA) is 169 Å². The number of nitrogens with zero attached hydrogens (tertiary/aromatic N) is 4. The molecule has 0 saturated heterocycles. The molecule has 0 saturated carbocycles. The number of carbonyl (C=O) groups is 1. The quantitative estimate of drug-likeness (QED) is 0.246. The number of aromatic nitrogens is 2. The molecule has 0 bridgehead atoms. The highest BCUT2D eigenvalue weighted by Gasteiger charge is 2.29. The van der Waals surface area contributed by atoms with Crippen LogP contribution in [0.1, 0.15) is 11.5 Å². The SMILES string of the molecule is COc1cc(-c2no[n+]([O-])c2C)c([N+](=O)[O-])cc1OCC(=O)N/N=C/c1ccco1. The normalized spacial score (nSPS) is 10.9. The van der Waals surface area contributed by atoms with E-state index in [1.165, 1.54) is 32.6 Å². The van der Waals surface area contributed by atoms with Crippen molar-refractivity contribution in [1.29, 1.82) is 0 Å². The van der Waals surface area contributed by atoms with Gasteiger partial charge in [-0.05, 0) is 17.0 Å². The summed E-state index contributed by atoms with van der Waals surface area (Å²) in [6, 6.07) is 5.64. The van der Waals surface area contributed by atoms with E-state index in [1.807, 2.05) is 0 Å². The summed E-state index contributed by atoms with van der Waals surface area (Å²) in [6.07, 6.45) is 2.74. The Hall–Kier alpha value is -4.42. The van der Waals surface area contributed by atoms with Crippen molar-refractivity contribution in [2.75, 3.05) is 13.7 Å². The molecule has 13 heteroatoms. The fourth-order valence-electron chi connectivity index (χ4n) is 2.41. The number of hydrazone groups is 1. The van der Waals surface area contributed by atoms with E-state index in [-0.39, 0.29) is 33.4 Å². The van der Waals surface area contributed by atoms with Crippen molar-refractivity contribution in [2.24, 2.45) is 5.10 Å². The molecule has 0 radical (unpaired) electrons. The number of hydrogen-bond donors (Lipinski definition) is 1. The molecule has 0 aliphatic rings. The van der Waals surface area contributed by atoms with Crippen LogP contribution in [0.15, 0.2) is 44.7 Å². The molecule has 0 aliphatic carbocycles. The van der Waals surface area contributed by atoms with Crippen LogP contribution in [0.4, 0.5) is 5.69 Å². The minimum absolute atomic E-state index is 0.00690. The zero-order valence-electron chi connectivity index (χ0n) is 15.7. The average Bonchev–Trinajstić information content (AvgIpc) is 3.36. The molecule has 2 aromatic heterocycles. The third-order valence-electron chi connectivity index (χ3n) is 3.84. The van der Waals surface area contributed by atoms with Crippen molar-refractivity contribution >= 4 is 17.8 Å². The number of hydrogen-bond acceptors (Lipinski definition) is 10. The van der Waals surface area contributed by atoms with Crippen LogP contribution in [0.3, 0.4) is 0 Å². The average molecular weight is 417 g/mol. The van der Waals surface area contributed by atoms with E-state index in [9.17, 15) is 20.1 Å². The van der Waals surface area contributed by atoms with Crippen LogP contribution in [0.2, 0.25) is 0 Å². The molecule has 2 heterocycles. The summed E-state index contributed by atoms with van der Waals surface area (Å²) in [6.45, 7) is 0.902. The molecule has 3 aromatic rings. The van der Waals surface area contributed by atoms with Crippen molar-refractivity contribution in [3.05, 3.63) is 57.3 Å². The number of nitro benzene ring substituents is 1. The minimum atomic E-state index is -0.682. The number of nitrogens with one attached hydrogen (secondary N) is 1. The third-order valence-corrected chi connectivity index (χ3v) is 3.84. The van der Waals surface area contributed by atoms with Gasteiger partial charge >= 0.3 is 0 Å². The van der Waals surface area contributed by atoms with Crippen LogP contribution >= 0.6 is 0 Å². The predicted molar refractivity (Wildman–Crippen MR) is 98.8 cm³/mol. The fourth-order valence-corrected chi connectivity index (χ4v) is 2.41. The second-order valence-electron chi connectivity index (χ2n) is 5.74. The van der Waals surface area contributed by atoms with Crippen molar-refractivity contribution < 1.29 is 33.1 Å². The highest BCUT2D eigenvalue weighted by molar-refractivity contribution is 5.81. The Morgan fingerprint density at radius 3 is 2.83 bits per heavy atom. The summed E-state index contributed by atoms with van der Waals surface area (Å²) < 4.78 is 20.0. The van der Waals surface area contributed by atoms with Crippen molar-refractivity contribution in [1.82, 2.24) is 10.6 Å². The molecule has 156 valence electrons. The standard InChI is InChI=1S/C17H15N5O8/c1-10-17(20-30-22(10)26)12-6-14(27-2)15(7-13(12)21(24)25)29-9-16(23)19-18-8-11-4-3-5-28-11/h3-8H,9H2,1-2H3,(H,19,23)/b18-8+. The second kappa shape index (κ2) is 8.72. The van der Waals surface area contributed by atoms with Gasteiger partial charge in [-0.1, -0.05) is 0 Å². The smallest absolute Gasteiger partial charge is 0.285 e. The molecule has 1 amide bonds. The van der Waals surface area contributed by atoms with Crippen LogP contribution in [-0.2, 0) is 4.79 Å². The lowest BCUT2D eigenvalue weighted by Crippen LogP contribution is -2.25. The first kappa shape index (κ1) is 20.3.